The zero-order valence-electron chi connectivity index (χ0n) is 14.1. The van der Waals surface area contributed by atoms with Gasteiger partial charge < -0.3 is 14.1 Å². The molecule has 1 N–H and O–H groups in total. The highest BCUT2D eigenvalue weighted by Gasteiger charge is 2.23. The minimum atomic E-state index is -0.266. The van der Waals surface area contributed by atoms with Gasteiger partial charge in [-0.15, -0.1) is 0 Å². The number of carbonyl (C=O) groups is 2. The Balaban J connectivity index is 2.03. The fourth-order valence-corrected chi connectivity index (χ4v) is 3.01. The number of aryl methyl sites for hydroxylation is 1. The summed E-state index contributed by atoms with van der Waals surface area (Å²) in [4.78, 5) is 27.5. The summed E-state index contributed by atoms with van der Waals surface area (Å²) >= 11 is 0. The summed E-state index contributed by atoms with van der Waals surface area (Å²) in [6.45, 7) is 7.52. The second-order valence-electron chi connectivity index (χ2n) is 5.75. The molecule has 0 fully saturated rings. The zero-order chi connectivity index (χ0) is 17.4. The Bertz CT molecular complexity index is 946. The number of furan rings is 1. The first-order valence-electron chi connectivity index (χ1n) is 7.83. The molecule has 0 saturated heterocycles. The summed E-state index contributed by atoms with van der Waals surface area (Å²) < 4.78 is 11.1. The number of rotatable bonds is 5. The third kappa shape index (κ3) is 2.62. The van der Waals surface area contributed by atoms with Crippen molar-refractivity contribution >= 4 is 22.5 Å². The van der Waals surface area contributed by atoms with Gasteiger partial charge in [0.25, 0.3) is 0 Å². The molecule has 2 aromatic heterocycles. The van der Waals surface area contributed by atoms with Crippen molar-refractivity contribution in [1.29, 1.82) is 0 Å². The van der Waals surface area contributed by atoms with Crippen molar-refractivity contribution in [1.82, 2.24) is 4.98 Å². The number of fused-ring (bicyclic) bond motifs is 1. The van der Waals surface area contributed by atoms with Gasteiger partial charge in [0.05, 0.1) is 12.3 Å². The number of benzene rings is 1. The minimum absolute atomic E-state index is 0.0636. The minimum Gasteiger partial charge on any atom is -0.494 e. The lowest BCUT2D eigenvalue weighted by Crippen LogP contribution is -2.03. The predicted octanol–water partition coefficient (Wildman–Crippen LogP) is 4.21. The fourth-order valence-electron chi connectivity index (χ4n) is 3.01. The Labute approximate surface area is 139 Å². The Hall–Kier alpha value is -2.82. The second-order valence-corrected chi connectivity index (χ2v) is 5.75. The molecule has 0 unspecified atom stereocenters. The van der Waals surface area contributed by atoms with Crippen LogP contribution in [0.4, 0.5) is 0 Å². The number of aromatic amines is 1. The number of H-pyrrole nitrogens is 1. The van der Waals surface area contributed by atoms with E-state index in [1.54, 1.807) is 26.0 Å². The van der Waals surface area contributed by atoms with Gasteiger partial charge >= 0.3 is 0 Å². The number of nitrogens with one attached hydrogen (secondary N) is 1. The summed E-state index contributed by atoms with van der Waals surface area (Å²) in [7, 11) is 0. The highest BCUT2D eigenvalue weighted by atomic mass is 16.5. The van der Waals surface area contributed by atoms with Gasteiger partial charge in [-0.2, -0.15) is 0 Å². The Kier molecular flexibility index (Phi) is 4.01. The average molecular weight is 325 g/mol. The van der Waals surface area contributed by atoms with Crippen molar-refractivity contribution in [2.45, 2.75) is 27.7 Å². The highest BCUT2D eigenvalue weighted by molar-refractivity contribution is 6.11. The Morgan fingerprint density at radius 3 is 2.58 bits per heavy atom. The van der Waals surface area contributed by atoms with Crippen LogP contribution in [-0.4, -0.2) is 23.2 Å². The zero-order valence-corrected chi connectivity index (χ0v) is 14.1. The molecular weight excluding hydrogens is 306 g/mol. The van der Waals surface area contributed by atoms with Crippen LogP contribution >= 0.6 is 0 Å². The van der Waals surface area contributed by atoms with E-state index in [-0.39, 0.29) is 17.3 Å². The molecule has 24 heavy (non-hydrogen) atoms. The maximum atomic E-state index is 12.8. The number of hydrogen-bond donors (Lipinski definition) is 1. The van der Waals surface area contributed by atoms with Gasteiger partial charge in [-0.3, -0.25) is 9.59 Å². The third-order valence-electron chi connectivity index (χ3n) is 4.04. The highest BCUT2D eigenvalue weighted by Crippen LogP contribution is 2.27. The first-order valence-corrected chi connectivity index (χ1v) is 7.83. The van der Waals surface area contributed by atoms with Crippen molar-refractivity contribution in [2.24, 2.45) is 0 Å². The standard InChI is InChI=1S/C19H19NO4/c1-5-23-14-7-6-13-8-16(24-15(13)9-14)19(22)18-10(2)17(12(4)21)11(3)20-18/h6-9,20H,5H2,1-4H3. The molecule has 3 aromatic rings. The van der Waals surface area contributed by atoms with Crippen molar-refractivity contribution in [3.05, 3.63) is 52.5 Å². The molecule has 0 radical (unpaired) electrons. The molecule has 0 aliphatic rings. The van der Waals surface area contributed by atoms with Crippen LogP contribution in [0.2, 0.25) is 0 Å². The van der Waals surface area contributed by atoms with Crippen LogP contribution in [0, 0.1) is 13.8 Å². The van der Waals surface area contributed by atoms with Crippen LogP contribution in [0.1, 0.15) is 51.7 Å². The molecule has 0 atom stereocenters. The molecule has 0 amide bonds. The van der Waals surface area contributed by atoms with Crippen LogP contribution < -0.4 is 4.74 Å². The summed E-state index contributed by atoms with van der Waals surface area (Å²) in [5, 5.41) is 0.828. The largest absolute Gasteiger partial charge is 0.494 e. The van der Waals surface area contributed by atoms with Crippen molar-refractivity contribution in [3.8, 4) is 5.75 Å². The average Bonchev–Trinajstić information content (AvgIpc) is 3.07. The van der Waals surface area contributed by atoms with Crippen LogP contribution in [0.15, 0.2) is 28.7 Å². The van der Waals surface area contributed by atoms with Gasteiger partial charge in [0, 0.05) is 22.7 Å². The first-order chi connectivity index (χ1) is 11.4. The molecular formula is C19H19NO4. The molecule has 124 valence electrons. The van der Waals surface area contributed by atoms with Crippen LogP contribution in [0.25, 0.3) is 11.0 Å². The fraction of sp³-hybridized carbons (Fsp3) is 0.263. The van der Waals surface area contributed by atoms with Crippen molar-refractivity contribution < 1.29 is 18.7 Å². The second kappa shape index (κ2) is 6.00. The lowest BCUT2D eigenvalue weighted by molar-refractivity contribution is 0.100. The molecule has 0 spiro atoms. The number of ketones is 2. The normalized spacial score (nSPS) is 11.0. The number of carbonyl (C=O) groups excluding carboxylic acids is 2. The summed E-state index contributed by atoms with van der Waals surface area (Å²) in [6.07, 6.45) is 0. The van der Waals surface area contributed by atoms with E-state index in [4.69, 9.17) is 9.15 Å². The molecule has 3 rings (SSSR count). The topological polar surface area (TPSA) is 72.3 Å². The van der Waals surface area contributed by atoms with Gasteiger partial charge in [-0.1, -0.05) is 0 Å². The van der Waals surface area contributed by atoms with Crippen LogP contribution in [-0.2, 0) is 0 Å². The number of ether oxygens (including phenoxy) is 1. The quantitative estimate of drug-likeness (QED) is 0.713. The number of Topliss-reactive ketones (excluding diaryl/α,β-unsaturated/α-hetero) is 1. The maximum absolute atomic E-state index is 12.8. The smallest absolute Gasteiger partial charge is 0.244 e. The monoisotopic (exact) mass is 325 g/mol. The van der Waals surface area contributed by atoms with Crippen molar-refractivity contribution in [3.63, 3.8) is 0 Å². The van der Waals surface area contributed by atoms with E-state index >= 15 is 0 Å². The molecule has 5 nitrogen and oxygen atoms in total. The van der Waals surface area contributed by atoms with E-state index in [0.29, 0.717) is 40.5 Å². The molecule has 0 saturated carbocycles. The first kappa shape index (κ1) is 16.1. The lowest BCUT2D eigenvalue weighted by Gasteiger charge is -2.00. The Morgan fingerprint density at radius 1 is 1.21 bits per heavy atom. The predicted molar refractivity (Wildman–Crippen MR) is 91.1 cm³/mol. The van der Waals surface area contributed by atoms with Gasteiger partial charge in [-0.05, 0) is 51.5 Å². The van der Waals surface area contributed by atoms with Crippen LogP contribution in [0.3, 0.4) is 0 Å². The van der Waals surface area contributed by atoms with Gasteiger partial charge in [0.1, 0.15) is 11.3 Å². The summed E-state index contributed by atoms with van der Waals surface area (Å²) in [6, 6.07) is 7.17. The molecule has 0 aliphatic heterocycles. The van der Waals surface area contributed by atoms with Crippen LogP contribution in [0.5, 0.6) is 5.75 Å². The van der Waals surface area contributed by atoms with E-state index in [0.717, 1.165) is 5.39 Å². The van der Waals surface area contributed by atoms with Gasteiger partial charge in [0.15, 0.2) is 11.5 Å². The summed E-state index contributed by atoms with van der Waals surface area (Å²) in [5.41, 5.74) is 2.89. The molecule has 0 bridgehead atoms. The number of hydrogen-bond acceptors (Lipinski definition) is 4. The van der Waals surface area contributed by atoms with Gasteiger partial charge in [0.2, 0.25) is 5.78 Å². The molecule has 1 aromatic carbocycles. The molecule has 5 heteroatoms. The third-order valence-corrected chi connectivity index (χ3v) is 4.04. The van der Waals surface area contributed by atoms with Gasteiger partial charge in [-0.25, -0.2) is 0 Å². The maximum Gasteiger partial charge on any atom is 0.244 e. The van der Waals surface area contributed by atoms with E-state index in [2.05, 4.69) is 4.98 Å². The summed E-state index contributed by atoms with van der Waals surface area (Å²) in [5.74, 6) is 0.603. The Morgan fingerprint density at radius 2 is 1.96 bits per heavy atom. The van der Waals surface area contributed by atoms with E-state index in [1.807, 2.05) is 19.1 Å². The molecule has 2 heterocycles. The lowest BCUT2D eigenvalue weighted by atomic mass is 10.0. The van der Waals surface area contributed by atoms with E-state index in [9.17, 15) is 9.59 Å². The number of aromatic nitrogens is 1. The van der Waals surface area contributed by atoms with E-state index < -0.39 is 0 Å². The van der Waals surface area contributed by atoms with Crippen molar-refractivity contribution in [2.75, 3.05) is 6.61 Å². The van der Waals surface area contributed by atoms with E-state index in [1.165, 1.54) is 6.92 Å². The molecule has 0 aliphatic carbocycles. The SMILES string of the molecule is CCOc1ccc2cc(C(=O)c3[nH]c(C)c(C(C)=O)c3C)oc2c1.